The van der Waals surface area contributed by atoms with Gasteiger partial charge >= 0.3 is 5.97 Å². The molecule has 0 unspecified atom stereocenters. The molecule has 2 rings (SSSR count). The molecule has 1 aromatic carbocycles. The minimum Gasteiger partial charge on any atom is -0.465 e. The smallest absolute Gasteiger partial charge is 0.308 e. The van der Waals surface area contributed by atoms with Gasteiger partial charge in [0.05, 0.1) is 19.1 Å². The van der Waals surface area contributed by atoms with Crippen molar-refractivity contribution in [3.05, 3.63) is 35.4 Å². The Morgan fingerprint density at radius 1 is 1.50 bits per heavy atom. The highest BCUT2D eigenvalue weighted by Crippen LogP contribution is 2.42. The molecule has 0 spiro atoms. The van der Waals surface area contributed by atoms with Crippen LogP contribution in [0.4, 0.5) is 8.78 Å². The average Bonchev–Trinajstić information content (AvgIpc) is 2.89. The molecule has 0 N–H and O–H groups in total. The lowest BCUT2D eigenvalue weighted by Gasteiger charge is -2.27. The van der Waals surface area contributed by atoms with Crippen LogP contribution in [0.25, 0.3) is 0 Å². The standard InChI is InChI=1S/C16H19F2IO3/c1-10(2)15(20)21-7-11-6-16(9-19,22-8-11)13-4-3-12(17)5-14(13)18/h3-5,10-11H,6-9H2,1-2H3/t11-,16-/m0/s1. The molecule has 1 aromatic rings. The number of alkyl halides is 1. The highest BCUT2D eigenvalue weighted by Gasteiger charge is 2.43. The van der Waals surface area contributed by atoms with Crippen LogP contribution in [0.3, 0.4) is 0 Å². The molecule has 0 radical (unpaired) electrons. The summed E-state index contributed by atoms with van der Waals surface area (Å²) in [6, 6.07) is 3.55. The predicted molar refractivity (Wildman–Crippen MR) is 86.8 cm³/mol. The van der Waals surface area contributed by atoms with Crippen LogP contribution in [0.15, 0.2) is 18.2 Å². The average molecular weight is 424 g/mol. The molecule has 122 valence electrons. The van der Waals surface area contributed by atoms with Gasteiger partial charge in [0.15, 0.2) is 0 Å². The van der Waals surface area contributed by atoms with Crippen LogP contribution in [0, 0.1) is 23.5 Å². The summed E-state index contributed by atoms with van der Waals surface area (Å²) in [5.74, 6) is -1.62. The Kier molecular flexibility index (Phi) is 5.76. The lowest BCUT2D eigenvalue weighted by atomic mass is 9.89. The van der Waals surface area contributed by atoms with Crippen molar-refractivity contribution in [2.45, 2.75) is 25.9 Å². The highest BCUT2D eigenvalue weighted by molar-refractivity contribution is 14.1. The molecule has 3 nitrogen and oxygen atoms in total. The minimum absolute atomic E-state index is 0.0157. The summed E-state index contributed by atoms with van der Waals surface area (Å²) < 4.78 is 38.8. The number of carbonyl (C=O) groups excluding carboxylic acids is 1. The van der Waals surface area contributed by atoms with E-state index in [1.807, 2.05) is 0 Å². The van der Waals surface area contributed by atoms with Crippen molar-refractivity contribution in [3.63, 3.8) is 0 Å². The number of carbonyl (C=O) groups is 1. The second-order valence-corrected chi connectivity index (χ2v) is 6.68. The predicted octanol–water partition coefficient (Wildman–Crippen LogP) is 3.83. The lowest BCUT2D eigenvalue weighted by Crippen LogP contribution is -2.28. The second kappa shape index (κ2) is 7.21. The number of ether oxygens (including phenoxy) is 2. The molecule has 0 saturated carbocycles. The highest BCUT2D eigenvalue weighted by atomic mass is 127. The van der Waals surface area contributed by atoms with Crippen LogP contribution in [0.5, 0.6) is 0 Å². The van der Waals surface area contributed by atoms with Crippen molar-refractivity contribution in [1.82, 2.24) is 0 Å². The zero-order valence-corrected chi connectivity index (χ0v) is 14.7. The van der Waals surface area contributed by atoms with E-state index < -0.39 is 17.2 Å². The van der Waals surface area contributed by atoms with E-state index in [1.54, 1.807) is 13.8 Å². The zero-order valence-electron chi connectivity index (χ0n) is 12.6. The zero-order chi connectivity index (χ0) is 16.3. The third kappa shape index (κ3) is 3.76. The van der Waals surface area contributed by atoms with Crippen LogP contribution in [-0.4, -0.2) is 23.6 Å². The monoisotopic (exact) mass is 424 g/mol. The van der Waals surface area contributed by atoms with Crippen LogP contribution in [0.1, 0.15) is 25.8 Å². The number of rotatable bonds is 5. The molecule has 1 fully saturated rings. The van der Waals surface area contributed by atoms with Crippen molar-refractivity contribution in [1.29, 1.82) is 0 Å². The Morgan fingerprint density at radius 2 is 2.23 bits per heavy atom. The Labute approximate surface area is 142 Å². The SMILES string of the molecule is CC(C)C(=O)OC[C@H]1CO[C@@](CI)(c2ccc(F)cc2F)C1. The molecule has 0 amide bonds. The number of hydrogen-bond donors (Lipinski definition) is 0. The van der Waals surface area contributed by atoms with Crippen LogP contribution >= 0.6 is 22.6 Å². The van der Waals surface area contributed by atoms with Crippen LogP contribution in [-0.2, 0) is 19.9 Å². The van der Waals surface area contributed by atoms with Gasteiger partial charge < -0.3 is 9.47 Å². The maximum Gasteiger partial charge on any atom is 0.308 e. The summed E-state index contributed by atoms with van der Waals surface area (Å²) in [5, 5.41) is 0. The van der Waals surface area contributed by atoms with Gasteiger partial charge in [0.1, 0.15) is 17.2 Å². The van der Waals surface area contributed by atoms with E-state index in [2.05, 4.69) is 22.6 Å². The van der Waals surface area contributed by atoms with Gasteiger partial charge in [-0.2, -0.15) is 0 Å². The molecule has 2 atom stereocenters. The Bertz CT molecular complexity index is 550. The van der Waals surface area contributed by atoms with Gasteiger partial charge in [-0.05, 0) is 12.5 Å². The Hall–Kier alpha value is -0.760. The molecule has 6 heteroatoms. The van der Waals surface area contributed by atoms with E-state index in [-0.39, 0.29) is 24.4 Å². The molecule has 1 saturated heterocycles. The summed E-state index contributed by atoms with van der Waals surface area (Å²) in [4.78, 5) is 11.5. The summed E-state index contributed by atoms with van der Waals surface area (Å²) in [5.41, 5.74) is -0.422. The van der Waals surface area contributed by atoms with Crippen molar-refractivity contribution >= 4 is 28.6 Å². The largest absolute Gasteiger partial charge is 0.465 e. The van der Waals surface area contributed by atoms with Gasteiger partial charge in [0.25, 0.3) is 0 Å². The first kappa shape index (κ1) is 17.6. The first-order valence-electron chi connectivity index (χ1n) is 7.20. The number of benzene rings is 1. The lowest BCUT2D eigenvalue weighted by molar-refractivity contribution is -0.148. The van der Waals surface area contributed by atoms with Crippen LogP contribution in [0.2, 0.25) is 0 Å². The van der Waals surface area contributed by atoms with E-state index in [0.717, 1.165) is 6.07 Å². The fourth-order valence-corrected chi connectivity index (χ4v) is 3.49. The third-order valence-corrected chi connectivity index (χ3v) is 5.02. The van der Waals surface area contributed by atoms with Crippen molar-refractivity contribution in [2.24, 2.45) is 11.8 Å². The first-order chi connectivity index (χ1) is 10.4. The van der Waals surface area contributed by atoms with E-state index in [0.29, 0.717) is 23.0 Å². The van der Waals surface area contributed by atoms with Gasteiger partial charge in [-0.3, -0.25) is 4.79 Å². The van der Waals surface area contributed by atoms with E-state index in [4.69, 9.17) is 9.47 Å². The van der Waals surface area contributed by atoms with E-state index >= 15 is 0 Å². The summed E-state index contributed by atoms with van der Waals surface area (Å²) in [7, 11) is 0. The van der Waals surface area contributed by atoms with Gasteiger partial charge in [-0.15, -0.1) is 0 Å². The first-order valence-corrected chi connectivity index (χ1v) is 8.72. The normalized spacial score (nSPS) is 24.7. The van der Waals surface area contributed by atoms with E-state index in [9.17, 15) is 13.6 Å². The maximum atomic E-state index is 14.1. The summed E-state index contributed by atoms with van der Waals surface area (Å²) >= 11 is 2.14. The minimum atomic E-state index is -0.784. The third-order valence-electron chi connectivity index (χ3n) is 3.78. The Morgan fingerprint density at radius 3 is 2.82 bits per heavy atom. The fraction of sp³-hybridized carbons (Fsp3) is 0.562. The van der Waals surface area contributed by atoms with Crippen molar-refractivity contribution in [2.75, 3.05) is 17.6 Å². The second-order valence-electron chi connectivity index (χ2n) is 5.92. The molecule has 22 heavy (non-hydrogen) atoms. The van der Waals surface area contributed by atoms with Crippen LogP contribution < -0.4 is 0 Å². The Balaban J connectivity index is 2.08. The van der Waals surface area contributed by atoms with Crippen molar-refractivity contribution in [3.8, 4) is 0 Å². The van der Waals surface area contributed by atoms with Gasteiger partial charge in [-0.25, -0.2) is 8.78 Å². The maximum absolute atomic E-state index is 14.1. The summed E-state index contributed by atoms with van der Waals surface area (Å²) in [6.07, 6.45) is 0.546. The molecule has 1 aliphatic heterocycles. The molecule has 1 heterocycles. The van der Waals surface area contributed by atoms with Gasteiger partial charge in [-0.1, -0.05) is 42.5 Å². The molecule has 0 bridgehead atoms. The fourth-order valence-electron chi connectivity index (χ4n) is 2.55. The molecule has 0 aliphatic carbocycles. The quantitative estimate of drug-likeness (QED) is 0.410. The molecular weight excluding hydrogens is 405 g/mol. The molecular formula is C16H19F2IO3. The number of hydrogen-bond acceptors (Lipinski definition) is 3. The number of esters is 1. The van der Waals surface area contributed by atoms with E-state index in [1.165, 1.54) is 12.1 Å². The van der Waals surface area contributed by atoms with Gasteiger partial charge in [0.2, 0.25) is 0 Å². The van der Waals surface area contributed by atoms with Crippen molar-refractivity contribution < 1.29 is 23.0 Å². The molecule has 0 aromatic heterocycles. The summed E-state index contributed by atoms with van der Waals surface area (Å²) in [6.45, 7) is 4.20. The number of halogens is 3. The topological polar surface area (TPSA) is 35.5 Å². The van der Waals surface area contributed by atoms with Gasteiger partial charge in [0, 0.05) is 22.0 Å². The molecule has 1 aliphatic rings.